The molecule has 0 fully saturated rings. The molecule has 0 saturated heterocycles. The SMILES string of the molecule is CCC(C)CNC(=O)Nc1cc(Cl)cc(C(=O)O)c1. The first-order valence-electron chi connectivity index (χ1n) is 6.01. The number of carboxylic acid groups (broad SMARTS) is 1. The van der Waals surface area contributed by atoms with Gasteiger partial charge in [-0.15, -0.1) is 0 Å². The Labute approximate surface area is 117 Å². The lowest BCUT2D eigenvalue weighted by Gasteiger charge is -2.11. The second-order valence-electron chi connectivity index (χ2n) is 4.38. The van der Waals surface area contributed by atoms with E-state index in [-0.39, 0.29) is 16.6 Å². The quantitative estimate of drug-likeness (QED) is 0.777. The van der Waals surface area contributed by atoms with Gasteiger partial charge in [-0.25, -0.2) is 9.59 Å². The van der Waals surface area contributed by atoms with Crippen LogP contribution in [0.25, 0.3) is 0 Å². The zero-order valence-electron chi connectivity index (χ0n) is 10.9. The summed E-state index contributed by atoms with van der Waals surface area (Å²) in [5, 5.41) is 14.4. The van der Waals surface area contributed by atoms with E-state index in [1.54, 1.807) is 0 Å². The molecular weight excluding hydrogens is 268 g/mol. The highest BCUT2D eigenvalue weighted by molar-refractivity contribution is 6.31. The van der Waals surface area contributed by atoms with Crippen molar-refractivity contribution in [3.8, 4) is 0 Å². The molecule has 0 bridgehead atoms. The van der Waals surface area contributed by atoms with Crippen molar-refractivity contribution in [3.05, 3.63) is 28.8 Å². The van der Waals surface area contributed by atoms with Gasteiger partial charge in [0.25, 0.3) is 0 Å². The number of hydrogen-bond donors (Lipinski definition) is 3. The van der Waals surface area contributed by atoms with E-state index in [0.717, 1.165) is 6.42 Å². The molecule has 1 aromatic carbocycles. The molecule has 1 rings (SSSR count). The summed E-state index contributed by atoms with van der Waals surface area (Å²) < 4.78 is 0. The Morgan fingerprint density at radius 1 is 1.37 bits per heavy atom. The van der Waals surface area contributed by atoms with Crippen LogP contribution in [0.5, 0.6) is 0 Å². The molecule has 5 nitrogen and oxygen atoms in total. The number of carboxylic acids is 1. The summed E-state index contributed by atoms with van der Waals surface area (Å²) in [4.78, 5) is 22.5. The Hall–Kier alpha value is -1.75. The van der Waals surface area contributed by atoms with Gasteiger partial charge in [-0.3, -0.25) is 0 Å². The molecule has 3 N–H and O–H groups in total. The molecule has 0 heterocycles. The third-order valence-electron chi connectivity index (χ3n) is 2.71. The Kier molecular flexibility index (Phi) is 5.63. The van der Waals surface area contributed by atoms with Crippen molar-refractivity contribution in [3.63, 3.8) is 0 Å². The highest BCUT2D eigenvalue weighted by atomic mass is 35.5. The lowest BCUT2D eigenvalue weighted by atomic mass is 10.1. The van der Waals surface area contributed by atoms with Gasteiger partial charge in [0, 0.05) is 17.3 Å². The van der Waals surface area contributed by atoms with E-state index in [0.29, 0.717) is 18.2 Å². The van der Waals surface area contributed by atoms with Crippen LogP contribution in [0.4, 0.5) is 10.5 Å². The van der Waals surface area contributed by atoms with Gasteiger partial charge in [0.15, 0.2) is 0 Å². The van der Waals surface area contributed by atoms with Gasteiger partial charge in [-0.2, -0.15) is 0 Å². The number of carbonyl (C=O) groups is 2. The fraction of sp³-hybridized carbons (Fsp3) is 0.385. The van der Waals surface area contributed by atoms with Crippen LogP contribution in [0.2, 0.25) is 5.02 Å². The average molecular weight is 285 g/mol. The summed E-state index contributed by atoms with van der Waals surface area (Å²) in [6, 6.07) is 3.80. The summed E-state index contributed by atoms with van der Waals surface area (Å²) in [6.07, 6.45) is 0.973. The normalized spacial score (nSPS) is 11.7. The molecular formula is C13H17ClN2O3. The third kappa shape index (κ3) is 5.18. The molecule has 0 aliphatic rings. The molecule has 0 radical (unpaired) electrons. The van der Waals surface area contributed by atoms with Crippen molar-refractivity contribution in [1.82, 2.24) is 5.32 Å². The minimum absolute atomic E-state index is 0.0322. The van der Waals surface area contributed by atoms with Crippen LogP contribution in [0.1, 0.15) is 30.6 Å². The maximum absolute atomic E-state index is 11.6. The van der Waals surface area contributed by atoms with Crippen LogP contribution in [-0.4, -0.2) is 23.7 Å². The number of aromatic carboxylic acids is 1. The van der Waals surface area contributed by atoms with E-state index in [1.165, 1.54) is 18.2 Å². The third-order valence-corrected chi connectivity index (χ3v) is 2.93. The van der Waals surface area contributed by atoms with E-state index < -0.39 is 5.97 Å². The number of benzene rings is 1. The maximum Gasteiger partial charge on any atom is 0.335 e. The van der Waals surface area contributed by atoms with Crippen molar-refractivity contribution < 1.29 is 14.7 Å². The molecule has 104 valence electrons. The lowest BCUT2D eigenvalue weighted by Crippen LogP contribution is -2.32. The number of hydrogen-bond acceptors (Lipinski definition) is 2. The number of halogens is 1. The molecule has 2 amide bonds. The minimum Gasteiger partial charge on any atom is -0.478 e. The molecule has 19 heavy (non-hydrogen) atoms. The topological polar surface area (TPSA) is 78.4 Å². The molecule has 0 saturated carbocycles. The zero-order valence-corrected chi connectivity index (χ0v) is 11.6. The van der Waals surface area contributed by atoms with Gasteiger partial charge in [0.05, 0.1) is 5.56 Å². The second kappa shape index (κ2) is 6.99. The van der Waals surface area contributed by atoms with E-state index in [9.17, 15) is 9.59 Å². The number of anilines is 1. The van der Waals surface area contributed by atoms with Crippen LogP contribution in [0.15, 0.2) is 18.2 Å². The molecule has 0 aliphatic heterocycles. The maximum atomic E-state index is 11.6. The van der Waals surface area contributed by atoms with Crippen molar-refractivity contribution in [2.45, 2.75) is 20.3 Å². The van der Waals surface area contributed by atoms with Gasteiger partial charge >= 0.3 is 12.0 Å². The number of rotatable bonds is 5. The van der Waals surface area contributed by atoms with Crippen molar-refractivity contribution in [1.29, 1.82) is 0 Å². The first kappa shape index (κ1) is 15.3. The van der Waals surface area contributed by atoms with E-state index in [2.05, 4.69) is 10.6 Å². The smallest absolute Gasteiger partial charge is 0.335 e. The van der Waals surface area contributed by atoms with E-state index in [1.807, 2.05) is 13.8 Å². The molecule has 0 aromatic heterocycles. The molecule has 6 heteroatoms. The Balaban J connectivity index is 2.66. The van der Waals surface area contributed by atoms with Gasteiger partial charge in [-0.05, 0) is 24.1 Å². The Morgan fingerprint density at radius 3 is 2.63 bits per heavy atom. The van der Waals surface area contributed by atoms with Crippen LogP contribution in [0, 0.1) is 5.92 Å². The fourth-order valence-electron chi connectivity index (χ4n) is 1.37. The zero-order chi connectivity index (χ0) is 14.4. The van der Waals surface area contributed by atoms with Gasteiger partial charge in [-0.1, -0.05) is 31.9 Å². The molecule has 0 spiro atoms. The summed E-state index contributed by atoms with van der Waals surface area (Å²) in [7, 11) is 0. The number of nitrogens with one attached hydrogen (secondary N) is 2. The molecule has 1 aromatic rings. The average Bonchev–Trinajstić information content (AvgIpc) is 2.35. The van der Waals surface area contributed by atoms with Crippen LogP contribution < -0.4 is 10.6 Å². The number of amides is 2. The van der Waals surface area contributed by atoms with Crippen molar-refractivity contribution in [2.24, 2.45) is 5.92 Å². The Morgan fingerprint density at radius 2 is 2.05 bits per heavy atom. The van der Waals surface area contributed by atoms with Gasteiger partial charge < -0.3 is 15.7 Å². The summed E-state index contributed by atoms with van der Waals surface area (Å²) in [5.41, 5.74) is 0.385. The summed E-state index contributed by atoms with van der Waals surface area (Å²) in [5.74, 6) is -0.703. The first-order chi connectivity index (χ1) is 8.92. The largest absolute Gasteiger partial charge is 0.478 e. The predicted molar refractivity (Wildman–Crippen MR) is 74.9 cm³/mol. The molecule has 1 atom stereocenters. The molecule has 1 unspecified atom stereocenters. The van der Waals surface area contributed by atoms with E-state index in [4.69, 9.17) is 16.7 Å². The fourth-order valence-corrected chi connectivity index (χ4v) is 1.61. The van der Waals surface area contributed by atoms with Crippen LogP contribution in [-0.2, 0) is 0 Å². The van der Waals surface area contributed by atoms with Gasteiger partial charge in [0.2, 0.25) is 0 Å². The highest BCUT2D eigenvalue weighted by Gasteiger charge is 2.09. The molecule has 0 aliphatic carbocycles. The highest BCUT2D eigenvalue weighted by Crippen LogP contribution is 2.19. The van der Waals surface area contributed by atoms with Gasteiger partial charge in [0.1, 0.15) is 0 Å². The van der Waals surface area contributed by atoms with Crippen LogP contribution in [0.3, 0.4) is 0 Å². The summed E-state index contributed by atoms with van der Waals surface area (Å²) in [6.45, 7) is 4.64. The monoisotopic (exact) mass is 284 g/mol. The van der Waals surface area contributed by atoms with Crippen molar-refractivity contribution >= 4 is 29.3 Å². The van der Waals surface area contributed by atoms with Crippen molar-refractivity contribution in [2.75, 3.05) is 11.9 Å². The Bertz CT molecular complexity index is 477. The predicted octanol–water partition coefficient (Wildman–Crippen LogP) is 3.21. The first-order valence-corrected chi connectivity index (χ1v) is 6.39. The minimum atomic E-state index is -1.09. The summed E-state index contributed by atoms with van der Waals surface area (Å²) >= 11 is 5.79. The standard InChI is InChI=1S/C13H17ClN2O3/c1-3-8(2)7-15-13(19)16-11-5-9(12(17)18)4-10(14)6-11/h4-6,8H,3,7H2,1-2H3,(H,17,18)(H2,15,16,19). The van der Waals surface area contributed by atoms with Crippen LogP contribution >= 0.6 is 11.6 Å². The number of urea groups is 1. The lowest BCUT2D eigenvalue weighted by molar-refractivity contribution is 0.0697. The number of carbonyl (C=O) groups excluding carboxylic acids is 1. The van der Waals surface area contributed by atoms with E-state index >= 15 is 0 Å². The second-order valence-corrected chi connectivity index (χ2v) is 4.82.